The maximum absolute atomic E-state index is 14.9. The van der Waals surface area contributed by atoms with E-state index in [1.165, 1.54) is 24.3 Å². The van der Waals surface area contributed by atoms with Gasteiger partial charge in [-0.3, -0.25) is 4.79 Å². The van der Waals surface area contributed by atoms with Gasteiger partial charge in [-0.15, -0.1) is 0 Å². The number of nitriles is 1. The minimum atomic E-state index is -3.05. The van der Waals surface area contributed by atoms with Crippen LogP contribution in [0.4, 0.5) is 18.9 Å². The molecule has 220 valence electrons. The monoisotopic (exact) mass is 598 g/mol. The molecule has 6 rings (SSSR count). The van der Waals surface area contributed by atoms with Crippen molar-refractivity contribution in [2.75, 3.05) is 29.5 Å². The Labute approximate surface area is 241 Å². The number of carbonyl (C=O) groups excluding carboxylic acids is 1. The molecule has 3 fully saturated rings. The first kappa shape index (κ1) is 28.3. The van der Waals surface area contributed by atoms with Gasteiger partial charge in [0.1, 0.15) is 22.8 Å². The van der Waals surface area contributed by atoms with E-state index in [4.69, 9.17) is 4.42 Å². The van der Waals surface area contributed by atoms with Crippen molar-refractivity contribution in [3.05, 3.63) is 60.1 Å². The Balaban J connectivity index is 1.38. The summed E-state index contributed by atoms with van der Waals surface area (Å²) in [5.74, 6) is -5.47. The molecule has 3 aliphatic rings. The third kappa shape index (κ3) is 5.75. The van der Waals surface area contributed by atoms with Gasteiger partial charge in [0.05, 0.1) is 17.6 Å². The van der Waals surface area contributed by atoms with Gasteiger partial charge >= 0.3 is 0 Å². The van der Waals surface area contributed by atoms with Gasteiger partial charge in [-0.05, 0) is 55.7 Å². The van der Waals surface area contributed by atoms with Gasteiger partial charge in [-0.2, -0.15) is 5.26 Å². The predicted molar refractivity (Wildman–Crippen MR) is 149 cm³/mol. The summed E-state index contributed by atoms with van der Waals surface area (Å²) >= 11 is 0. The number of nitrogens with zero attached hydrogens (tertiary/aromatic N) is 3. The Bertz CT molecular complexity index is 1630. The van der Waals surface area contributed by atoms with Gasteiger partial charge < -0.3 is 14.6 Å². The third-order valence-electron chi connectivity index (χ3n) is 8.42. The van der Waals surface area contributed by atoms with Crippen LogP contribution in [0.5, 0.6) is 0 Å². The standard InChI is InChI=1S/C30H29F3N4O4S/c31-21-5-1-20(2-6-21)28-35-25(19-3-7-22(8-4-19)37-13-15-42(39,40)16-14-37)26(41-28)24-17-30(32,33)10-9-23(24)27(38)36-29(18-34)11-12-29/h1-8,23-24H,9-17H2,(H,36,38). The minimum Gasteiger partial charge on any atom is -0.440 e. The fraction of sp³-hybridized carbons (Fsp3) is 0.433. The van der Waals surface area contributed by atoms with Crippen molar-refractivity contribution in [1.29, 1.82) is 5.26 Å². The molecule has 42 heavy (non-hydrogen) atoms. The first-order chi connectivity index (χ1) is 20.0. The van der Waals surface area contributed by atoms with E-state index in [-0.39, 0.29) is 29.6 Å². The van der Waals surface area contributed by atoms with Crippen LogP contribution in [0.2, 0.25) is 0 Å². The molecular formula is C30H29F3N4O4S. The topological polar surface area (TPSA) is 116 Å². The summed E-state index contributed by atoms with van der Waals surface area (Å²) in [6, 6.07) is 14.7. The number of rotatable bonds is 6. The van der Waals surface area contributed by atoms with Gasteiger partial charge in [0.2, 0.25) is 17.7 Å². The van der Waals surface area contributed by atoms with E-state index >= 15 is 0 Å². The molecule has 3 aromatic rings. The number of hydrogen-bond donors (Lipinski definition) is 1. The van der Waals surface area contributed by atoms with Gasteiger partial charge in [0.15, 0.2) is 9.84 Å². The van der Waals surface area contributed by atoms with E-state index in [0.717, 1.165) is 5.69 Å². The van der Waals surface area contributed by atoms with Crippen molar-refractivity contribution in [3.8, 4) is 28.8 Å². The maximum Gasteiger partial charge on any atom is 0.248 e. The number of halogens is 3. The summed E-state index contributed by atoms with van der Waals surface area (Å²) in [6.45, 7) is 0.730. The molecule has 1 aliphatic heterocycles. The van der Waals surface area contributed by atoms with Crippen LogP contribution in [0.1, 0.15) is 43.8 Å². The molecule has 0 spiro atoms. The number of alkyl halides is 2. The Hall–Kier alpha value is -3.85. The molecular weight excluding hydrogens is 569 g/mol. The Morgan fingerprint density at radius 2 is 1.67 bits per heavy atom. The summed E-state index contributed by atoms with van der Waals surface area (Å²) in [4.78, 5) is 20.0. The van der Waals surface area contributed by atoms with Gasteiger partial charge in [0, 0.05) is 54.6 Å². The molecule has 2 saturated carbocycles. The Morgan fingerprint density at radius 3 is 2.29 bits per heavy atom. The summed E-state index contributed by atoms with van der Waals surface area (Å²) in [5.41, 5.74) is 1.17. The van der Waals surface area contributed by atoms with Crippen LogP contribution in [-0.2, 0) is 14.6 Å². The number of hydrogen-bond acceptors (Lipinski definition) is 7. The van der Waals surface area contributed by atoms with Crippen LogP contribution in [0.15, 0.2) is 52.9 Å². The maximum atomic E-state index is 14.9. The lowest BCUT2D eigenvalue weighted by atomic mass is 9.74. The molecule has 0 radical (unpaired) electrons. The smallest absolute Gasteiger partial charge is 0.248 e. The number of oxazole rings is 1. The number of amides is 1. The van der Waals surface area contributed by atoms with Crippen molar-refractivity contribution in [2.24, 2.45) is 5.92 Å². The molecule has 1 saturated heterocycles. The Kier molecular flexibility index (Phi) is 7.04. The van der Waals surface area contributed by atoms with Crippen LogP contribution in [-0.4, -0.2) is 55.4 Å². The molecule has 0 bridgehead atoms. The molecule has 1 N–H and O–H groups in total. The lowest BCUT2D eigenvalue weighted by molar-refractivity contribution is -0.131. The van der Waals surface area contributed by atoms with Gasteiger partial charge in [-0.1, -0.05) is 12.1 Å². The first-order valence-corrected chi connectivity index (χ1v) is 15.7. The zero-order valence-electron chi connectivity index (χ0n) is 22.7. The third-order valence-corrected chi connectivity index (χ3v) is 10.0. The zero-order chi connectivity index (χ0) is 29.7. The van der Waals surface area contributed by atoms with Crippen molar-refractivity contribution in [3.63, 3.8) is 0 Å². The molecule has 1 amide bonds. The molecule has 2 unspecified atom stereocenters. The molecule has 2 heterocycles. The molecule has 2 aliphatic carbocycles. The second-order valence-corrected chi connectivity index (χ2v) is 13.7. The van der Waals surface area contributed by atoms with E-state index in [9.17, 15) is 31.6 Å². The average Bonchev–Trinajstić information content (AvgIpc) is 3.59. The van der Waals surface area contributed by atoms with E-state index in [1.807, 2.05) is 17.0 Å². The highest BCUT2D eigenvalue weighted by Gasteiger charge is 2.51. The van der Waals surface area contributed by atoms with E-state index in [0.29, 0.717) is 42.8 Å². The van der Waals surface area contributed by atoms with E-state index < -0.39 is 57.7 Å². The zero-order valence-corrected chi connectivity index (χ0v) is 23.5. The van der Waals surface area contributed by atoms with Crippen LogP contribution in [0.3, 0.4) is 0 Å². The lowest BCUT2D eigenvalue weighted by Crippen LogP contribution is -2.45. The summed E-state index contributed by atoms with van der Waals surface area (Å²) in [7, 11) is -3.05. The van der Waals surface area contributed by atoms with E-state index in [1.54, 1.807) is 12.1 Å². The largest absolute Gasteiger partial charge is 0.440 e. The molecule has 2 aromatic carbocycles. The van der Waals surface area contributed by atoms with Crippen LogP contribution in [0.25, 0.3) is 22.7 Å². The Morgan fingerprint density at radius 1 is 1.02 bits per heavy atom. The predicted octanol–water partition coefficient (Wildman–Crippen LogP) is 5.07. The number of nitrogens with one attached hydrogen (secondary N) is 1. The van der Waals surface area contributed by atoms with Crippen molar-refractivity contribution >= 4 is 21.4 Å². The number of sulfone groups is 1. The molecule has 2 atom stereocenters. The van der Waals surface area contributed by atoms with Crippen LogP contribution in [0, 0.1) is 23.1 Å². The van der Waals surface area contributed by atoms with Gasteiger partial charge in [0.25, 0.3) is 0 Å². The highest BCUT2D eigenvalue weighted by atomic mass is 32.2. The quantitative estimate of drug-likeness (QED) is 0.421. The van der Waals surface area contributed by atoms with Gasteiger partial charge in [-0.25, -0.2) is 26.6 Å². The SMILES string of the molecule is N#CC1(NC(=O)C2CCC(F)(F)CC2c2oc(-c3ccc(F)cc3)nc2-c2ccc(N3CCS(=O)(=O)CC3)cc2)CC1. The molecule has 12 heteroatoms. The van der Waals surface area contributed by atoms with E-state index in [2.05, 4.69) is 16.4 Å². The highest BCUT2D eigenvalue weighted by molar-refractivity contribution is 7.91. The average molecular weight is 599 g/mol. The minimum absolute atomic E-state index is 0.0651. The normalized spacial score (nSPS) is 24.0. The number of aromatic nitrogens is 1. The number of benzene rings is 2. The summed E-state index contributed by atoms with van der Waals surface area (Å²) < 4.78 is 73.2. The summed E-state index contributed by atoms with van der Waals surface area (Å²) in [6.07, 6.45) is -0.153. The number of anilines is 1. The second-order valence-electron chi connectivity index (χ2n) is 11.4. The van der Waals surface area contributed by atoms with Crippen molar-refractivity contribution in [2.45, 2.75) is 49.5 Å². The molecule has 8 nitrogen and oxygen atoms in total. The fourth-order valence-electron chi connectivity index (χ4n) is 5.75. The second kappa shape index (κ2) is 10.5. The van der Waals surface area contributed by atoms with Crippen molar-refractivity contribution in [1.82, 2.24) is 10.3 Å². The van der Waals surface area contributed by atoms with Crippen LogP contribution >= 0.6 is 0 Å². The molecule has 1 aromatic heterocycles. The highest BCUT2D eigenvalue weighted by Crippen LogP contribution is 2.49. The van der Waals surface area contributed by atoms with Crippen LogP contribution < -0.4 is 10.2 Å². The van der Waals surface area contributed by atoms with Crippen molar-refractivity contribution < 1.29 is 30.8 Å². The fourth-order valence-corrected chi connectivity index (χ4v) is 6.95. The first-order valence-electron chi connectivity index (χ1n) is 13.9. The number of carbonyl (C=O) groups is 1. The summed E-state index contributed by atoms with van der Waals surface area (Å²) in [5, 5.41) is 12.3. The lowest BCUT2D eigenvalue weighted by Gasteiger charge is -2.34.